The summed E-state index contributed by atoms with van der Waals surface area (Å²) in [6, 6.07) is 0. The summed E-state index contributed by atoms with van der Waals surface area (Å²) >= 11 is 0. The summed E-state index contributed by atoms with van der Waals surface area (Å²) in [5.41, 5.74) is 0. The molecule has 0 bridgehead atoms. The van der Waals surface area contributed by atoms with Crippen molar-refractivity contribution in [2.75, 3.05) is 39.3 Å². The topological polar surface area (TPSA) is 83.3 Å². The molecule has 1 aromatic rings. The maximum atomic E-state index is 11.8. The van der Waals surface area contributed by atoms with E-state index >= 15 is 0 Å². The lowest BCUT2D eigenvalue weighted by atomic mass is 10.2. The van der Waals surface area contributed by atoms with Gasteiger partial charge in [-0.1, -0.05) is 19.0 Å². The van der Waals surface area contributed by atoms with Crippen LogP contribution in [0, 0.1) is 0 Å². The Kier molecular flexibility index (Phi) is 6.79. The molecule has 1 aliphatic heterocycles. The van der Waals surface area contributed by atoms with Crippen LogP contribution in [-0.2, 0) is 11.2 Å². The van der Waals surface area contributed by atoms with Crippen LogP contribution in [0.4, 0.5) is 0 Å². The Bertz CT molecular complexity index is 455. The van der Waals surface area contributed by atoms with Crippen LogP contribution in [0.15, 0.2) is 4.52 Å². The maximum Gasteiger partial charge on any atom is 0.227 e. The molecule has 1 amide bonds. The van der Waals surface area contributed by atoms with Crippen molar-refractivity contribution in [2.24, 2.45) is 0 Å². The van der Waals surface area contributed by atoms with Gasteiger partial charge >= 0.3 is 0 Å². The van der Waals surface area contributed by atoms with Gasteiger partial charge < -0.3 is 20.1 Å². The molecule has 0 saturated carbocycles. The third-order valence-electron chi connectivity index (χ3n) is 3.75. The highest BCUT2D eigenvalue weighted by Crippen LogP contribution is 2.10. The first-order valence-electron chi connectivity index (χ1n) is 8.17. The molecule has 7 heteroatoms. The van der Waals surface area contributed by atoms with E-state index in [1.807, 2.05) is 13.8 Å². The van der Waals surface area contributed by atoms with Gasteiger partial charge in [0, 0.05) is 51.5 Å². The van der Waals surface area contributed by atoms with Crippen molar-refractivity contribution >= 4 is 5.91 Å². The summed E-state index contributed by atoms with van der Waals surface area (Å²) in [4.78, 5) is 18.5. The Labute approximate surface area is 131 Å². The van der Waals surface area contributed by atoms with E-state index in [1.165, 1.54) is 0 Å². The van der Waals surface area contributed by atoms with E-state index in [4.69, 9.17) is 4.52 Å². The predicted molar refractivity (Wildman–Crippen MR) is 83.6 cm³/mol. The third-order valence-corrected chi connectivity index (χ3v) is 3.75. The summed E-state index contributed by atoms with van der Waals surface area (Å²) in [6.45, 7) is 10.1. The van der Waals surface area contributed by atoms with E-state index < -0.39 is 0 Å². The van der Waals surface area contributed by atoms with Gasteiger partial charge in [-0.15, -0.1) is 0 Å². The first kappa shape index (κ1) is 16.9. The fourth-order valence-electron chi connectivity index (χ4n) is 2.38. The molecule has 2 N–H and O–H groups in total. The van der Waals surface area contributed by atoms with Gasteiger partial charge in [0.15, 0.2) is 5.82 Å². The summed E-state index contributed by atoms with van der Waals surface area (Å²) in [7, 11) is 0. The molecule has 0 spiro atoms. The van der Waals surface area contributed by atoms with Crippen molar-refractivity contribution in [1.29, 1.82) is 0 Å². The zero-order valence-corrected chi connectivity index (χ0v) is 13.6. The van der Waals surface area contributed by atoms with Crippen molar-refractivity contribution in [1.82, 2.24) is 25.7 Å². The van der Waals surface area contributed by atoms with Gasteiger partial charge in [-0.2, -0.15) is 4.98 Å². The molecule has 1 aliphatic rings. The number of rotatable bonds is 8. The maximum absolute atomic E-state index is 11.8. The zero-order valence-electron chi connectivity index (χ0n) is 13.6. The molecule has 0 aromatic carbocycles. The molecule has 7 nitrogen and oxygen atoms in total. The van der Waals surface area contributed by atoms with Crippen molar-refractivity contribution in [3.8, 4) is 0 Å². The molecule has 22 heavy (non-hydrogen) atoms. The molecule has 0 unspecified atom stereocenters. The minimum Gasteiger partial charge on any atom is -0.356 e. The predicted octanol–water partition coefficient (Wildman–Crippen LogP) is 0.537. The van der Waals surface area contributed by atoms with Crippen molar-refractivity contribution in [3.63, 3.8) is 0 Å². The second-order valence-corrected chi connectivity index (χ2v) is 6.00. The van der Waals surface area contributed by atoms with Gasteiger partial charge in [-0.05, 0) is 13.0 Å². The molecule has 1 aromatic heterocycles. The minimum atomic E-state index is 0.0459. The number of carbonyl (C=O) groups is 1. The molecule has 2 heterocycles. The number of nitrogens with zero attached hydrogens (tertiary/aromatic N) is 3. The molecular weight excluding hydrogens is 282 g/mol. The number of carbonyl (C=O) groups excluding carboxylic acids is 1. The van der Waals surface area contributed by atoms with Crippen LogP contribution in [0.5, 0.6) is 0 Å². The first-order valence-corrected chi connectivity index (χ1v) is 8.17. The number of hydrogen-bond acceptors (Lipinski definition) is 6. The van der Waals surface area contributed by atoms with Crippen LogP contribution in [-0.4, -0.2) is 60.2 Å². The van der Waals surface area contributed by atoms with Crippen LogP contribution in [0.1, 0.15) is 44.3 Å². The smallest absolute Gasteiger partial charge is 0.227 e. The highest BCUT2D eigenvalue weighted by molar-refractivity contribution is 5.75. The van der Waals surface area contributed by atoms with E-state index in [9.17, 15) is 4.79 Å². The Hall–Kier alpha value is -1.47. The Balaban J connectivity index is 1.55. The van der Waals surface area contributed by atoms with Crippen molar-refractivity contribution < 1.29 is 9.32 Å². The second-order valence-electron chi connectivity index (χ2n) is 6.00. The standard InChI is InChI=1S/C15H27N5O2/c1-12(2)15-18-14(22-19-15)5-4-13(21)17-6-3-9-20-10-7-16-8-11-20/h12,16H,3-11H2,1-2H3,(H,17,21). The minimum absolute atomic E-state index is 0.0459. The SMILES string of the molecule is CC(C)c1noc(CCC(=O)NCCCN2CCNCC2)n1. The average Bonchev–Trinajstić information content (AvgIpc) is 3.00. The Morgan fingerprint density at radius 1 is 1.41 bits per heavy atom. The lowest BCUT2D eigenvalue weighted by Gasteiger charge is -2.27. The van der Waals surface area contributed by atoms with Gasteiger partial charge in [-0.25, -0.2) is 0 Å². The van der Waals surface area contributed by atoms with Crippen LogP contribution in [0.2, 0.25) is 0 Å². The summed E-state index contributed by atoms with van der Waals surface area (Å²) in [5.74, 6) is 1.53. The number of aromatic nitrogens is 2. The Morgan fingerprint density at radius 3 is 2.86 bits per heavy atom. The zero-order chi connectivity index (χ0) is 15.8. The molecule has 0 atom stereocenters. The van der Waals surface area contributed by atoms with E-state index in [1.54, 1.807) is 0 Å². The molecule has 0 radical (unpaired) electrons. The lowest BCUT2D eigenvalue weighted by molar-refractivity contribution is -0.121. The molecule has 2 rings (SSSR count). The number of amides is 1. The van der Waals surface area contributed by atoms with Crippen LogP contribution in [0.25, 0.3) is 0 Å². The number of aryl methyl sites for hydroxylation is 1. The van der Waals surface area contributed by atoms with Crippen molar-refractivity contribution in [3.05, 3.63) is 11.7 Å². The number of nitrogens with one attached hydrogen (secondary N) is 2. The molecule has 1 saturated heterocycles. The van der Waals surface area contributed by atoms with Gasteiger partial charge in [-0.3, -0.25) is 4.79 Å². The third kappa shape index (κ3) is 5.73. The van der Waals surface area contributed by atoms with E-state index in [-0.39, 0.29) is 11.8 Å². The number of hydrogen-bond donors (Lipinski definition) is 2. The highest BCUT2D eigenvalue weighted by atomic mass is 16.5. The van der Waals surface area contributed by atoms with E-state index in [0.29, 0.717) is 24.6 Å². The van der Waals surface area contributed by atoms with E-state index in [2.05, 4.69) is 25.7 Å². The van der Waals surface area contributed by atoms with Gasteiger partial charge in [0.05, 0.1) is 0 Å². The Morgan fingerprint density at radius 2 is 2.18 bits per heavy atom. The van der Waals surface area contributed by atoms with Gasteiger partial charge in [0.25, 0.3) is 0 Å². The van der Waals surface area contributed by atoms with Gasteiger partial charge in [0.2, 0.25) is 11.8 Å². The average molecular weight is 309 g/mol. The van der Waals surface area contributed by atoms with Crippen LogP contribution >= 0.6 is 0 Å². The highest BCUT2D eigenvalue weighted by Gasteiger charge is 2.12. The van der Waals surface area contributed by atoms with Crippen LogP contribution < -0.4 is 10.6 Å². The fourth-order valence-corrected chi connectivity index (χ4v) is 2.38. The van der Waals surface area contributed by atoms with Crippen LogP contribution in [0.3, 0.4) is 0 Å². The molecule has 0 aliphatic carbocycles. The summed E-state index contributed by atoms with van der Waals surface area (Å²) in [6.07, 6.45) is 1.89. The number of piperazine rings is 1. The molecule has 124 valence electrons. The fraction of sp³-hybridized carbons (Fsp3) is 0.800. The normalized spacial score (nSPS) is 16.1. The van der Waals surface area contributed by atoms with Gasteiger partial charge in [0.1, 0.15) is 0 Å². The monoisotopic (exact) mass is 309 g/mol. The molecular formula is C15H27N5O2. The second kappa shape index (κ2) is 8.85. The largest absolute Gasteiger partial charge is 0.356 e. The molecule has 1 fully saturated rings. The quantitative estimate of drug-likeness (QED) is 0.682. The van der Waals surface area contributed by atoms with Crippen molar-refractivity contribution in [2.45, 2.75) is 39.0 Å². The lowest BCUT2D eigenvalue weighted by Crippen LogP contribution is -2.44. The summed E-state index contributed by atoms with van der Waals surface area (Å²) < 4.78 is 5.13. The summed E-state index contributed by atoms with van der Waals surface area (Å²) in [5, 5.41) is 10.2. The van der Waals surface area contributed by atoms with E-state index in [0.717, 1.165) is 45.7 Å². The first-order chi connectivity index (χ1) is 10.6.